The molecule has 0 unspecified atom stereocenters. The Morgan fingerprint density at radius 2 is 0.600 bits per heavy atom. The molecule has 17 nitrogen and oxygen atoms in total. The second kappa shape index (κ2) is 24.8. The third-order valence-electron chi connectivity index (χ3n) is 20.9. The maximum Gasteiger partial charge on any atom is 0.220 e. The van der Waals surface area contributed by atoms with Gasteiger partial charge in [0.15, 0.2) is 0 Å². The van der Waals surface area contributed by atoms with E-state index in [9.17, 15) is 2.74 Å². The number of aromatic nitrogens is 17. The molecular formula is C93H63N17. The zero-order chi connectivity index (χ0) is 79.5. The highest BCUT2D eigenvalue weighted by Crippen LogP contribution is 2.40. The van der Waals surface area contributed by atoms with E-state index < -0.39 is 20.1 Å². The van der Waals surface area contributed by atoms with Gasteiger partial charge < -0.3 is 0 Å². The van der Waals surface area contributed by atoms with Gasteiger partial charge in [-0.05, 0) is 145 Å². The van der Waals surface area contributed by atoms with Gasteiger partial charge in [-0.25, -0.2) is 44.9 Å². The molecule has 0 atom stereocenters. The lowest BCUT2D eigenvalue weighted by atomic mass is 9.99. The monoisotopic (exact) mass is 1430 g/mol. The topological polar surface area (TPSA) is 153 Å². The molecule has 0 aliphatic rings. The normalized spacial score (nSPS) is 13.4. The summed E-state index contributed by atoms with van der Waals surface area (Å²) in [5.41, 5.74) is 22.6. The summed E-state index contributed by atoms with van der Waals surface area (Å²) in [6, 6.07) is 101. The lowest BCUT2D eigenvalue weighted by molar-refractivity contribution is 0.920. The van der Waals surface area contributed by atoms with Gasteiger partial charge in [-0.15, -0.1) is 0 Å². The van der Waals surface area contributed by atoms with Crippen molar-refractivity contribution in [2.75, 3.05) is 0 Å². The summed E-state index contributed by atoms with van der Waals surface area (Å²) in [5.74, 6) is 3.30. The van der Waals surface area contributed by atoms with Crippen LogP contribution in [0.25, 0.3) is 168 Å². The quantitative estimate of drug-likeness (QED) is 0.123. The predicted molar refractivity (Wildman–Crippen MR) is 438 cm³/mol. The Balaban J connectivity index is 0.000000151. The van der Waals surface area contributed by atoms with Crippen LogP contribution < -0.4 is 0 Å². The Morgan fingerprint density at radius 1 is 0.282 bits per heavy atom. The third-order valence-corrected chi connectivity index (χ3v) is 20.9. The van der Waals surface area contributed by atoms with Gasteiger partial charge in [0.25, 0.3) is 0 Å². The van der Waals surface area contributed by atoms with Crippen LogP contribution in [0.4, 0.5) is 0 Å². The lowest BCUT2D eigenvalue weighted by Crippen LogP contribution is -2.05. The summed E-state index contributed by atoms with van der Waals surface area (Å²) in [7, 11) is 0. The van der Waals surface area contributed by atoms with E-state index in [-0.39, 0.29) is 16.8 Å². The van der Waals surface area contributed by atoms with Crippen LogP contribution in [0.1, 0.15) is 44.7 Å². The first-order valence-corrected chi connectivity index (χ1v) is 36.1. The summed E-state index contributed by atoms with van der Waals surface area (Å²) in [6.45, 7) is -4.64. The van der Waals surface area contributed by atoms with Crippen molar-refractivity contribution in [1.29, 1.82) is 0 Å². The largest absolute Gasteiger partial charge is 0.278 e. The number of benzene rings is 13. The highest BCUT2D eigenvalue weighted by Gasteiger charge is 2.27. The number of fused-ring (bicyclic) bond motifs is 20. The highest BCUT2D eigenvalue weighted by molar-refractivity contribution is 5.98. The molecule has 17 heteroatoms. The molecule has 23 rings (SSSR count). The molecule has 0 aliphatic carbocycles. The van der Waals surface area contributed by atoms with Gasteiger partial charge in [0, 0.05) is 40.5 Å². The highest BCUT2D eigenvalue weighted by atomic mass is 15.3. The zero-order valence-corrected chi connectivity index (χ0v) is 58.4. The number of hydrogen-bond acceptors (Lipinski definition) is 9. The number of rotatable bonds is 11. The van der Waals surface area contributed by atoms with Gasteiger partial charge in [-0.3, -0.25) is 35.9 Å². The number of nitrogens with zero attached hydrogens (tertiary/aromatic N) is 17. The van der Waals surface area contributed by atoms with Crippen molar-refractivity contribution >= 4 is 111 Å². The molecule has 0 amide bonds. The molecule has 0 N–H and O–H groups in total. The molecule has 0 fully saturated rings. The molecular weight excluding hydrogens is 1360 g/mol. The van der Waals surface area contributed by atoms with Crippen LogP contribution in [0, 0.1) is 13.7 Å². The van der Waals surface area contributed by atoms with Gasteiger partial charge in [0.05, 0.1) is 134 Å². The maximum atomic E-state index is 10.2. The number of para-hydroxylation sites is 12. The van der Waals surface area contributed by atoms with Gasteiger partial charge >= 0.3 is 0 Å². The first-order valence-electron chi connectivity index (χ1n) is 40.1. The fourth-order valence-corrected chi connectivity index (χ4v) is 16.1. The molecule has 0 bridgehead atoms. The summed E-state index contributed by atoms with van der Waals surface area (Å²) >= 11 is 0. The minimum atomic E-state index is -2.34. The van der Waals surface area contributed by atoms with E-state index in [4.69, 9.17) is 38.1 Å². The van der Waals surface area contributed by atoms with Crippen LogP contribution in [0.5, 0.6) is 0 Å². The van der Waals surface area contributed by atoms with Crippen LogP contribution in [0.2, 0.25) is 0 Å². The average molecular weight is 1430 g/mol. The van der Waals surface area contributed by atoms with Gasteiger partial charge in [0.1, 0.15) is 18.5 Å². The molecule has 0 saturated heterocycles. The Kier molecular flexibility index (Phi) is 12.3. The fourth-order valence-electron chi connectivity index (χ4n) is 16.1. The van der Waals surface area contributed by atoms with E-state index in [1.54, 1.807) is 30.3 Å². The van der Waals surface area contributed by atoms with Crippen molar-refractivity contribution in [3.8, 4) is 56.5 Å². The first-order chi connectivity index (χ1) is 57.6. The molecule has 10 aromatic heterocycles. The SMILES string of the molecule is [2H]C([2H])([2H])c1cccc2c1nc1n(-c3cccc(-n4c5ccccc5n5c6cccc(C([2H])([2H])c7nc(-c8ccccc8)c(-c8ccccc8)nc7-c7ccccc7)c6nc45)c3)c3ccccc3n21.[2H]C([2H])([2H])c1cccc2c1nc1n(-c3cccc(-n4c5ccccc5n5c6cccc(Cc7ncncn7)c6nc45)c3)c3ccccc3n21. The predicted octanol–water partition coefficient (Wildman–Crippen LogP) is 20.1. The number of imidazole rings is 8. The van der Waals surface area contributed by atoms with E-state index in [1.165, 1.54) is 12.7 Å². The summed E-state index contributed by atoms with van der Waals surface area (Å²) in [6.07, 6.45) is 1.37. The zero-order valence-electron chi connectivity index (χ0n) is 66.4. The molecule has 0 aliphatic heterocycles. The first kappa shape index (κ1) is 54.6. The van der Waals surface area contributed by atoms with Crippen LogP contribution >= 0.6 is 0 Å². The van der Waals surface area contributed by atoms with Crippen LogP contribution in [0.15, 0.2) is 322 Å². The molecule has 0 radical (unpaired) electrons. The molecule has 520 valence electrons. The van der Waals surface area contributed by atoms with Crippen molar-refractivity contribution in [1.82, 2.24) is 80.7 Å². The van der Waals surface area contributed by atoms with Crippen molar-refractivity contribution in [2.45, 2.75) is 26.5 Å². The van der Waals surface area contributed by atoms with Gasteiger partial charge in [-0.1, -0.05) is 200 Å². The van der Waals surface area contributed by atoms with E-state index >= 15 is 0 Å². The van der Waals surface area contributed by atoms with Crippen molar-refractivity contribution in [2.24, 2.45) is 0 Å². The van der Waals surface area contributed by atoms with Gasteiger partial charge in [-0.2, -0.15) is 0 Å². The molecule has 10 heterocycles. The van der Waals surface area contributed by atoms with E-state index in [0.29, 0.717) is 74.3 Å². The molecule has 13 aromatic carbocycles. The van der Waals surface area contributed by atoms with Crippen LogP contribution in [0.3, 0.4) is 0 Å². The van der Waals surface area contributed by atoms with Crippen LogP contribution in [-0.4, -0.2) is 80.7 Å². The Morgan fingerprint density at radius 3 is 1.01 bits per heavy atom. The summed E-state index contributed by atoms with van der Waals surface area (Å²) in [4.78, 5) is 43.9. The van der Waals surface area contributed by atoms with E-state index in [0.717, 1.165) is 117 Å². The van der Waals surface area contributed by atoms with E-state index in [1.807, 2.05) is 221 Å². The van der Waals surface area contributed by atoms with Crippen molar-refractivity contribution in [3.63, 3.8) is 0 Å². The average Bonchev–Trinajstić information content (AvgIpc) is 1.54. The fraction of sp³-hybridized carbons (Fsp3) is 0.0430. The number of hydrogen-bond donors (Lipinski definition) is 0. The Bertz CT molecular complexity index is 7990. The third kappa shape index (κ3) is 9.70. The van der Waals surface area contributed by atoms with Crippen molar-refractivity contribution < 1.29 is 11.0 Å². The number of aryl methyl sites for hydroxylation is 2. The second-order valence-corrected chi connectivity index (χ2v) is 27.2. The van der Waals surface area contributed by atoms with Crippen molar-refractivity contribution in [3.05, 3.63) is 356 Å². The smallest absolute Gasteiger partial charge is 0.220 e. The molecule has 0 saturated carbocycles. The summed E-state index contributed by atoms with van der Waals surface area (Å²) < 4.78 is 86.7. The Labute approximate surface area is 638 Å². The van der Waals surface area contributed by atoms with Gasteiger partial charge in [0.2, 0.25) is 23.1 Å². The summed E-state index contributed by atoms with van der Waals surface area (Å²) in [5, 5.41) is 0. The Hall–Kier alpha value is -15.0. The maximum absolute atomic E-state index is 10.2. The molecule has 0 spiro atoms. The van der Waals surface area contributed by atoms with E-state index in [2.05, 4.69) is 109 Å². The van der Waals surface area contributed by atoms with Crippen LogP contribution in [-0.2, 0) is 12.8 Å². The second-order valence-electron chi connectivity index (χ2n) is 27.2. The standard InChI is InChI=1S/C56H38N8.C37H25N9/c1-36-18-15-32-48-50(36)59-55-61(44-28-11-13-30-46(44)63(48)55)41-26-17-27-42(35-41)62-45-29-12-14-31-47(45)64-49-33-16-25-40(52(49)60-56(62)64)34-43-51(37-19-5-2-6-20-37)58-54(39-23-9-4-10-24-39)53(57-43)38-21-7-3-8-22-38;1-23-9-6-17-31-34(23)41-36-43(27-13-2-4-15-29(27)45(31)36)25-11-8-12-26(20-25)44-28-14-3-5-16-30(28)46-32-18-7-10-24(35(32)42-37(44)46)19-33-39-21-38-22-40-33/h2-33,35H,34H2,1H3;2-18,20-22H,19H2,1H3/i1D3,34D2;1D3. The lowest BCUT2D eigenvalue weighted by Gasteiger charge is -2.16. The molecule has 110 heavy (non-hydrogen) atoms. The minimum Gasteiger partial charge on any atom is -0.278 e. The molecule has 23 aromatic rings. The minimum absolute atomic E-state index is 0.181.